The minimum atomic E-state index is 0. The van der Waals surface area contributed by atoms with Crippen LogP contribution in [-0.4, -0.2) is 152 Å². The standard InChI is InChI=1S/2C24H29ClN4.C20H20BrClN2.CH4/c1-28-11-6-17(7-12-28)23-20-5-4-19(25)15-18(20)16-22(29-13-9-26-10-14-29)21-3-2-8-27-24(21)23;1-28-11-6-17(7-12-28)23-20-5-4-19(25)16-21(20)22(29-13-9-26-10-14-29)15-18-3-2-8-27-24(18)23;1-24-9-6-13(7-10-24)19-16-5-4-15(22)11-14(16)12-18(21)17-3-2-8-23-20(17)19;/h2*2-5,8,15-17,23,26H,6-7,9-14H2,1H3;2-5,8,11-13,19H,6-7,9-10H2,1H3;1H4. The van der Waals surface area contributed by atoms with Crippen molar-refractivity contribution in [3.63, 3.8) is 0 Å². The summed E-state index contributed by atoms with van der Waals surface area (Å²) < 4.78 is 1.09. The summed E-state index contributed by atoms with van der Waals surface area (Å²) in [6, 6.07) is 32.1. The summed E-state index contributed by atoms with van der Waals surface area (Å²) >= 11 is 23.0. The molecule has 2 N–H and O–H groups in total. The molecule has 5 aliphatic heterocycles. The molecule has 83 heavy (non-hydrogen) atoms. The van der Waals surface area contributed by atoms with E-state index in [9.17, 15) is 0 Å². The van der Waals surface area contributed by atoms with E-state index in [0.717, 1.165) is 111 Å². The van der Waals surface area contributed by atoms with Crippen molar-refractivity contribution in [3.05, 3.63) is 192 Å². The number of benzene rings is 3. The lowest BCUT2D eigenvalue weighted by molar-refractivity contribution is 0.206. The highest BCUT2D eigenvalue weighted by molar-refractivity contribution is 9.15. The van der Waals surface area contributed by atoms with E-state index in [2.05, 4.69) is 169 Å². The Hall–Kier alpha value is -4.92. The molecule has 3 unspecified atom stereocenters. The molecule has 3 atom stereocenters. The van der Waals surface area contributed by atoms with E-state index in [-0.39, 0.29) is 7.43 Å². The van der Waals surface area contributed by atoms with Crippen molar-refractivity contribution >= 4 is 84.8 Å². The maximum atomic E-state index is 6.52. The van der Waals surface area contributed by atoms with Crippen LogP contribution >= 0.6 is 50.7 Å². The Morgan fingerprint density at radius 2 is 0.807 bits per heavy atom. The molecule has 0 saturated carbocycles. The smallest absolute Gasteiger partial charge is 0.0574 e. The Kier molecular flexibility index (Phi) is 19.6. The highest BCUT2D eigenvalue weighted by Crippen LogP contribution is 2.49. The Morgan fingerprint density at radius 1 is 0.422 bits per heavy atom. The third-order valence-corrected chi connectivity index (χ3v) is 20.2. The quantitative estimate of drug-likeness (QED) is 0.174. The number of nitrogens with one attached hydrogen (secondary N) is 2. The molecule has 14 heteroatoms. The van der Waals surface area contributed by atoms with Crippen molar-refractivity contribution in [1.29, 1.82) is 0 Å². The number of piperidine rings is 3. The van der Waals surface area contributed by atoms with Crippen LogP contribution in [0.1, 0.15) is 131 Å². The zero-order chi connectivity index (χ0) is 56.3. The minimum Gasteiger partial charge on any atom is -0.368 e. The van der Waals surface area contributed by atoms with Gasteiger partial charge in [0.2, 0.25) is 0 Å². The zero-order valence-corrected chi connectivity index (χ0v) is 51.7. The second-order valence-electron chi connectivity index (χ2n) is 24.0. The van der Waals surface area contributed by atoms with Crippen LogP contribution in [0.4, 0.5) is 0 Å². The highest BCUT2D eigenvalue weighted by atomic mass is 79.9. The van der Waals surface area contributed by atoms with Gasteiger partial charge in [0.15, 0.2) is 0 Å². The number of nitrogens with zero attached hydrogens (tertiary/aromatic N) is 8. The molecule has 5 saturated heterocycles. The number of likely N-dealkylation sites (tertiary alicyclic amines) is 3. The molecular formula is C69H82BrCl3N10. The SMILES string of the molecule is C.CN1CCC(C2c3ccc(Cl)cc3C(N3CCNCC3)=Cc3cccnc32)CC1.CN1CCC(C2c3ccc(Cl)cc3C=C(Br)c3cccnc32)CC1.CN1CCC(C2c3ccc(Cl)cc3C=C(N3CCNCC3)c3cccnc32)CC1. The molecule has 0 spiro atoms. The maximum absolute atomic E-state index is 6.52. The summed E-state index contributed by atoms with van der Waals surface area (Å²) in [5.41, 5.74) is 17.9. The molecule has 8 aliphatic rings. The number of rotatable bonds is 5. The lowest BCUT2D eigenvalue weighted by Crippen LogP contribution is -2.42. The largest absolute Gasteiger partial charge is 0.368 e. The molecule has 0 bridgehead atoms. The number of piperazine rings is 2. The van der Waals surface area contributed by atoms with Gasteiger partial charge in [0, 0.05) is 136 Å². The molecule has 5 fully saturated rings. The topological polar surface area (TPSA) is 78.9 Å². The van der Waals surface area contributed by atoms with Gasteiger partial charge < -0.3 is 35.1 Å². The van der Waals surface area contributed by atoms with Gasteiger partial charge in [-0.05, 0) is 229 Å². The average Bonchev–Trinajstić information content (AvgIpc) is 3.64. The molecule has 436 valence electrons. The third kappa shape index (κ3) is 13.3. The second-order valence-corrected chi connectivity index (χ2v) is 26.2. The van der Waals surface area contributed by atoms with Gasteiger partial charge in [0.05, 0.1) is 17.1 Å². The number of halogens is 4. The van der Waals surface area contributed by atoms with Crippen molar-refractivity contribution in [2.45, 2.75) is 63.7 Å². The third-order valence-electron chi connectivity index (χ3n) is 18.8. The molecule has 0 amide bonds. The van der Waals surface area contributed by atoms with Gasteiger partial charge in [-0.2, -0.15) is 0 Å². The van der Waals surface area contributed by atoms with E-state index < -0.39 is 0 Å². The van der Waals surface area contributed by atoms with Crippen LogP contribution in [-0.2, 0) is 0 Å². The fourth-order valence-electron chi connectivity index (χ4n) is 14.4. The molecule has 0 radical (unpaired) electrons. The second kappa shape index (κ2) is 27.2. The van der Waals surface area contributed by atoms with E-state index in [1.165, 1.54) is 117 Å². The van der Waals surface area contributed by atoms with Crippen LogP contribution in [0.2, 0.25) is 15.1 Å². The van der Waals surface area contributed by atoms with Crippen molar-refractivity contribution in [1.82, 2.24) is 50.1 Å². The van der Waals surface area contributed by atoms with Crippen LogP contribution in [0.3, 0.4) is 0 Å². The molecule has 3 aromatic carbocycles. The molecular weight excluding hydrogens is 1160 g/mol. The summed E-state index contributed by atoms with van der Waals surface area (Å²) in [6.07, 6.45) is 20.0. The van der Waals surface area contributed by atoms with E-state index in [0.29, 0.717) is 35.5 Å². The first kappa shape index (κ1) is 59.8. The van der Waals surface area contributed by atoms with Crippen LogP contribution in [0.5, 0.6) is 0 Å². The van der Waals surface area contributed by atoms with E-state index in [1.54, 1.807) is 0 Å². The number of fused-ring (bicyclic) bond motifs is 6. The molecule has 3 aliphatic carbocycles. The number of hydrogen-bond donors (Lipinski definition) is 2. The first-order chi connectivity index (χ1) is 40.0. The average molecular weight is 1240 g/mol. The van der Waals surface area contributed by atoms with Gasteiger partial charge in [-0.3, -0.25) is 15.0 Å². The predicted molar refractivity (Wildman–Crippen MR) is 351 cm³/mol. The van der Waals surface area contributed by atoms with Crippen LogP contribution in [0.15, 0.2) is 110 Å². The minimum absolute atomic E-state index is 0. The van der Waals surface area contributed by atoms with Gasteiger partial charge >= 0.3 is 0 Å². The first-order valence-electron chi connectivity index (χ1n) is 30.1. The monoisotopic (exact) mass is 1230 g/mol. The summed E-state index contributed by atoms with van der Waals surface area (Å²) in [5, 5.41) is 9.35. The maximum Gasteiger partial charge on any atom is 0.0574 e. The Morgan fingerprint density at radius 3 is 1.31 bits per heavy atom. The van der Waals surface area contributed by atoms with Crippen LogP contribution in [0.25, 0.3) is 34.1 Å². The lowest BCUT2D eigenvalue weighted by Gasteiger charge is -2.36. The number of pyridine rings is 3. The summed E-state index contributed by atoms with van der Waals surface area (Å²) in [7, 11) is 6.67. The number of aromatic nitrogens is 3. The Bertz CT molecular complexity index is 3290. The summed E-state index contributed by atoms with van der Waals surface area (Å²) in [5.74, 6) is 2.80. The molecule has 6 aromatic rings. The Balaban J connectivity index is 0.000000130. The lowest BCUT2D eigenvalue weighted by atomic mass is 9.76. The predicted octanol–water partition coefficient (Wildman–Crippen LogP) is 13.9. The molecule has 10 nitrogen and oxygen atoms in total. The zero-order valence-electron chi connectivity index (χ0n) is 47.8. The first-order valence-corrected chi connectivity index (χ1v) is 32.0. The van der Waals surface area contributed by atoms with E-state index in [4.69, 9.17) is 49.8 Å². The normalized spacial score (nSPS) is 22.4. The van der Waals surface area contributed by atoms with Crippen molar-refractivity contribution in [2.75, 3.05) is 113 Å². The molecule has 3 aromatic heterocycles. The highest BCUT2D eigenvalue weighted by Gasteiger charge is 2.38. The van der Waals surface area contributed by atoms with Crippen LogP contribution in [0, 0.1) is 17.8 Å². The van der Waals surface area contributed by atoms with Gasteiger partial charge in [-0.15, -0.1) is 0 Å². The fourth-order valence-corrected chi connectivity index (χ4v) is 15.6. The van der Waals surface area contributed by atoms with Crippen LogP contribution < -0.4 is 10.6 Å². The summed E-state index contributed by atoms with van der Waals surface area (Å²) in [6.45, 7) is 15.1. The van der Waals surface area contributed by atoms with E-state index in [1.807, 2.05) is 30.7 Å². The molecule has 14 rings (SSSR count). The Labute approximate surface area is 517 Å². The van der Waals surface area contributed by atoms with Crippen molar-refractivity contribution in [3.8, 4) is 0 Å². The fraction of sp³-hybridized carbons (Fsp3) is 0.435. The van der Waals surface area contributed by atoms with Gasteiger partial charge in [-0.25, -0.2) is 0 Å². The van der Waals surface area contributed by atoms with Gasteiger partial charge in [0.1, 0.15) is 0 Å². The van der Waals surface area contributed by atoms with Crippen molar-refractivity contribution in [2.24, 2.45) is 17.8 Å². The van der Waals surface area contributed by atoms with Crippen molar-refractivity contribution < 1.29 is 0 Å². The summed E-state index contributed by atoms with van der Waals surface area (Å²) in [4.78, 5) is 27.1. The van der Waals surface area contributed by atoms with Gasteiger partial charge in [-0.1, -0.05) is 88.5 Å². The molecule has 8 heterocycles. The van der Waals surface area contributed by atoms with E-state index >= 15 is 0 Å². The van der Waals surface area contributed by atoms with Gasteiger partial charge in [0.25, 0.3) is 0 Å². The number of hydrogen-bond acceptors (Lipinski definition) is 10.